The first-order chi connectivity index (χ1) is 17.5. The molecule has 0 amide bonds. The highest BCUT2D eigenvalue weighted by Gasteiger charge is 2.21. The van der Waals surface area contributed by atoms with Crippen molar-refractivity contribution >= 4 is 47.6 Å². The van der Waals surface area contributed by atoms with Gasteiger partial charge in [-0.25, -0.2) is 9.78 Å². The predicted molar refractivity (Wildman–Crippen MR) is 135 cm³/mol. The fraction of sp³-hybridized carbons (Fsp3) is 0.455. The van der Waals surface area contributed by atoms with Crippen LogP contribution in [0, 0.1) is 0 Å². The van der Waals surface area contributed by atoms with E-state index < -0.39 is 20.1 Å². The summed E-state index contributed by atoms with van der Waals surface area (Å²) in [6.07, 6.45) is 4.61. The minimum Gasteiger partial charge on any atom is -0.431 e. The van der Waals surface area contributed by atoms with E-state index >= 15 is 0 Å². The van der Waals surface area contributed by atoms with Gasteiger partial charge in [0.05, 0.1) is 19.5 Å². The average molecular weight is 584 g/mol. The molecule has 0 saturated heterocycles. The first-order valence-electron chi connectivity index (χ1n) is 11.4. The number of rotatable bonds is 12. The molecule has 0 bridgehead atoms. The number of anilines is 1. The first kappa shape index (κ1) is 26.5. The van der Waals surface area contributed by atoms with Crippen LogP contribution >= 0.6 is 24.3 Å². The van der Waals surface area contributed by atoms with Crippen LogP contribution in [0.1, 0.15) is 31.2 Å². The molecule has 1 aromatic carbocycles. The van der Waals surface area contributed by atoms with Gasteiger partial charge in [0.2, 0.25) is 21.1 Å². The summed E-state index contributed by atoms with van der Waals surface area (Å²) in [7, 11) is -1.54. The monoisotopic (exact) mass is 583 g/mol. The third-order valence-electron chi connectivity index (χ3n) is 5.37. The minimum atomic E-state index is -1.54. The SMILES string of the molecule is Nc1nc2c(ncn2CCOCP(OCOC(=O)OC2CCCC2)OCc2cccc(Br)c2)c(=O)[nH]1. The van der Waals surface area contributed by atoms with Crippen LogP contribution in [-0.4, -0.2) is 51.5 Å². The van der Waals surface area contributed by atoms with Crippen LogP contribution in [0.5, 0.6) is 0 Å². The number of aromatic amines is 1. The molecule has 3 aromatic rings. The number of nitrogens with one attached hydrogen (secondary N) is 1. The molecule has 2 aromatic heterocycles. The van der Waals surface area contributed by atoms with Crippen molar-refractivity contribution in [3.05, 3.63) is 51.0 Å². The molecule has 1 aliphatic rings. The van der Waals surface area contributed by atoms with E-state index in [1.807, 2.05) is 24.3 Å². The average Bonchev–Trinajstić information content (AvgIpc) is 3.50. The topological polar surface area (TPSA) is 153 Å². The van der Waals surface area contributed by atoms with Gasteiger partial charge in [-0.3, -0.25) is 14.3 Å². The summed E-state index contributed by atoms with van der Waals surface area (Å²) in [6, 6.07) is 7.70. The molecular formula is C22H27BrN5O7P. The summed E-state index contributed by atoms with van der Waals surface area (Å²) in [5, 5.41) is 0. The fourth-order valence-corrected chi connectivity index (χ4v) is 5.04. The number of carbonyl (C=O) groups excluding carboxylic acids is 1. The summed E-state index contributed by atoms with van der Waals surface area (Å²) < 4.78 is 30.3. The van der Waals surface area contributed by atoms with E-state index in [0.29, 0.717) is 18.8 Å². The van der Waals surface area contributed by atoms with E-state index in [1.54, 1.807) is 4.57 Å². The molecule has 14 heteroatoms. The predicted octanol–water partition coefficient (Wildman–Crippen LogP) is 4.04. The number of hydrogen-bond acceptors (Lipinski definition) is 10. The van der Waals surface area contributed by atoms with Crippen molar-refractivity contribution in [3.8, 4) is 0 Å². The van der Waals surface area contributed by atoms with Crippen LogP contribution in [0.2, 0.25) is 0 Å². The molecule has 1 fully saturated rings. The Hall–Kier alpha value is -2.57. The van der Waals surface area contributed by atoms with Crippen LogP contribution in [-0.2, 0) is 36.4 Å². The number of nitrogens with two attached hydrogens (primary N) is 1. The Morgan fingerprint density at radius 1 is 1.28 bits per heavy atom. The molecule has 3 N–H and O–H groups in total. The zero-order chi connectivity index (χ0) is 25.3. The Balaban J connectivity index is 1.27. The van der Waals surface area contributed by atoms with E-state index in [0.717, 1.165) is 35.7 Å². The number of ether oxygens (including phenoxy) is 3. The Morgan fingerprint density at radius 3 is 2.92 bits per heavy atom. The number of aromatic nitrogens is 4. The lowest BCUT2D eigenvalue weighted by molar-refractivity contribution is -0.0164. The second kappa shape index (κ2) is 13.1. The highest BCUT2D eigenvalue weighted by Crippen LogP contribution is 2.39. The molecule has 1 unspecified atom stereocenters. The van der Waals surface area contributed by atoms with E-state index in [2.05, 4.69) is 30.9 Å². The van der Waals surface area contributed by atoms with Gasteiger partial charge in [0, 0.05) is 11.0 Å². The number of benzene rings is 1. The number of nitrogen functional groups attached to an aromatic ring is 1. The van der Waals surface area contributed by atoms with Gasteiger partial charge in [-0.15, -0.1) is 0 Å². The van der Waals surface area contributed by atoms with Crippen molar-refractivity contribution in [1.82, 2.24) is 19.5 Å². The molecule has 0 radical (unpaired) electrons. The van der Waals surface area contributed by atoms with Crippen LogP contribution < -0.4 is 11.3 Å². The Kier molecular flexibility index (Phi) is 9.65. The highest BCUT2D eigenvalue weighted by atomic mass is 79.9. The summed E-state index contributed by atoms with van der Waals surface area (Å²) in [5.74, 6) is 0.0134. The van der Waals surface area contributed by atoms with E-state index in [9.17, 15) is 9.59 Å². The summed E-state index contributed by atoms with van der Waals surface area (Å²) in [5.41, 5.74) is 6.75. The van der Waals surface area contributed by atoms with Crippen LogP contribution in [0.3, 0.4) is 0 Å². The number of halogens is 1. The Morgan fingerprint density at radius 2 is 2.11 bits per heavy atom. The van der Waals surface area contributed by atoms with Gasteiger partial charge >= 0.3 is 6.16 Å². The maximum Gasteiger partial charge on any atom is 0.510 e. The second-order valence-electron chi connectivity index (χ2n) is 8.00. The second-order valence-corrected chi connectivity index (χ2v) is 10.4. The molecule has 0 spiro atoms. The number of hydrogen-bond donors (Lipinski definition) is 2. The molecule has 36 heavy (non-hydrogen) atoms. The van der Waals surface area contributed by atoms with E-state index in [-0.39, 0.29) is 37.3 Å². The van der Waals surface area contributed by atoms with Crippen molar-refractivity contribution in [2.24, 2.45) is 0 Å². The molecule has 1 saturated carbocycles. The lowest BCUT2D eigenvalue weighted by Crippen LogP contribution is -2.17. The molecule has 2 heterocycles. The molecule has 1 aliphatic carbocycles. The van der Waals surface area contributed by atoms with Gasteiger partial charge in [-0.1, -0.05) is 28.1 Å². The minimum absolute atomic E-state index is 0.0134. The van der Waals surface area contributed by atoms with Crippen LogP contribution in [0.25, 0.3) is 11.2 Å². The Labute approximate surface area is 216 Å². The maximum atomic E-state index is 11.9. The molecule has 12 nitrogen and oxygen atoms in total. The number of H-pyrrole nitrogens is 1. The molecular weight excluding hydrogens is 557 g/mol. The highest BCUT2D eigenvalue weighted by molar-refractivity contribution is 9.10. The zero-order valence-corrected chi connectivity index (χ0v) is 21.9. The molecule has 1 atom stereocenters. The number of fused-ring (bicyclic) bond motifs is 1. The van der Waals surface area contributed by atoms with Gasteiger partial charge < -0.3 is 29.0 Å². The summed E-state index contributed by atoms with van der Waals surface area (Å²) in [6.45, 7) is 0.634. The van der Waals surface area contributed by atoms with Crippen molar-refractivity contribution in [2.45, 2.75) is 44.9 Å². The standard InChI is InChI=1S/C22H27BrN5O7P/c23-16-5-3-4-15(10-16)11-33-36(34-13-32-22(30)35-17-6-1-2-7-17)14-31-9-8-28-12-25-18-19(28)26-21(24)27-20(18)29/h3-5,10,12,17H,1-2,6-9,11,13-14H2,(H3,24,26,27,29). The largest absolute Gasteiger partial charge is 0.510 e. The third kappa shape index (κ3) is 7.71. The van der Waals surface area contributed by atoms with Crippen molar-refractivity contribution in [3.63, 3.8) is 0 Å². The van der Waals surface area contributed by atoms with Gasteiger partial charge in [0.15, 0.2) is 11.2 Å². The fourth-order valence-electron chi connectivity index (χ4n) is 3.63. The number of carbonyl (C=O) groups is 1. The van der Waals surface area contributed by atoms with Crippen molar-refractivity contribution in [2.75, 3.05) is 25.5 Å². The normalized spacial score (nSPS) is 14.8. The number of imidazole rings is 1. The third-order valence-corrected chi connectivity index (χ3v) is 7.07. The lowest BCUT2D eigenvalue weighted by Gasteiger charge is -2.18. The Bertz CT molecular complexity index is 1220. The van der Waals surface area contributed by atoms with Gasteiger partial charge in [-0.05, 0) is 43.4 Å². The maximum absolute atomic E-state index is 11.9. The molecule has 194 valence electrons. The quantitative estimate of drug-likeness (QED) is 0.138. The van der Waals surface area contributed by atoms with Crippen LogP contribution in [0.15, 0.2) is 39.9 Å². The summed E-state index contributed by atoms with van der Waals surface area (Å²) >= 11 is 3.44. The van der Waals surface area contributed by atoms with Crippen molar-refractivity contribution in [1.29, 1.82) is 0 Å². The van der Waals surface area contributed by atoms with E-state index in [4.69, 9.17) is 29.0 Å². The zero-order valence-electron chi connectivity index (χ0n) is 19.4. The lowest BCUT2D eigenvalue weighted by atomic mass is 10.2. The van der Waals surface area contributed by atoms with E-state index in [1.165, 1.54) is 6.33 Å². The van der Waals surface area contributed by atoms with Gasteiger partial charge in [0.25, 0.3) is 5.56 Å². The van der Waals surface area contributed by atoms with Crippen LogP contribution in [0.4, 0.5) is 10.7 Å². The first-order valence-corrected chi connectivity index (χ1v) is 13.5. The smallest absolute Gasteiger partial charge is 0.431 e. The molecule has 0 aliphatic heterocycles. The van der Waals surface area contributed by atoms with Gasteiger partial charge in [-0.2, -0.15) is 4.98 Å². The van der Waals surface area contributed by atoms with Gasteiger partial charge in [0.1, 0.15) is 12.5 Å². The van der Waals surface area contributed by atoms with Crippen molar-refractivity contribution < 1.29 is 28.1 Å². The summed E-state index contributed by atoms with van der Waals surface area (Å²) in [4.78, 5) is 34.4. The number of nitrogens with zero attached hydrogens (tertiary/aromatic N) is 3. The molecule has 4 rings (SSSR count).